The van der Waals surface area contributed by atoms with Crippen LogP contribution >= 0.6 is 0 Å². The van der Waals surface area contributed by atoms with Crippen molar-refractivity contribution in [3.05, 3.63) is 0 Å². The second-order valence-corrected chi connectivity index (χ2v) is 8.34. The minimum absolute atomic E-state index is 0.129. The van der Waals surface area contributed by atoms with Gasteiger partial charge in [-0.2, -0.15) is 0 Å². The fraction of sp³-hybridized carbons (Fsp3) is 0.900. The zero-order valence-electron chi connectivity index (χ0n) is 15.8. The molecule has 1 heterocycles. The Balaban J connectivity index is 1.45. The van der Waals surface area contributed by atoms with Crippen LogP contribution in [0.25, 0.3) is 0 Å². The Labute approximate surface area is 152 Å². The molecule has 2 saturated carbocycles. The number of carbonyl (C=O) groups is 2. The van der Waals surface area contributed by atoms with E-state index in [0.717, 1.165) is 44.6 Å². The smallest absolute Gasteiger partial charge is 0.317 e. The van der Waals surface area contributed by atoms with Gasteiger partial charge in [-0.3, -0.25) is 4.79 Å². The molecule has 2 N–H and O–H groups in total. The van der Waals surface area contributed by atoms with Crippen molar-refractivity contribution in [3.8, 4) is 0 Å². The Morgan fingerprint density at radius 2 is 1.64 bits per heavy atom. The molecule has 0 aromatic rings. The Hall–Kier alpha value is -1.26. The van der Waals surface area contributed by atoms with E-state index in [2.05, 4.69) is 15.5 Å². The molecular formula is C20H35N3O2. The molecule has 0 aromatic carbocycles. The Morgan fingerprint density at radius 1 is 0.920 bits per heavy atom. The number of likely N-dealkylation sites (tertiary alicyclic amines) is 1. The van der Waals surface area contributed by atoms with Crippen LogP contribution in [0.4, 0.5) is 4.79 Å². The van der Waals surface area contributed by atoms with Crippen LogP contribution in [-0.4, -0.2) is 42.5 Å². The van der Waals surface area contributed by atoms with Gasteiger partial charge in [-0.25, -0.2) is 4.79 Å². The van der Waals surface area contributed by atoms with Gasteiger partial charge in [-0.15, -0.1) is 0 Å². The van der Waals surface area contributed by atoms with Gasteiger partial charge in [0.2, 0.25) is 5.91 Å². The lowest BCUT2D eigenvalue weighted by molar-refractivity contribution is -0.125. The van der Waals surface area contributed by atoms with Gasteiger partial charge in [0.1, 0.15) is 0 Å². The number of hydrogen-bond donors (Lipinski definition) is 2. The Morgan fingerprint density at radius 3 is 2.32 bits per heavy atom. The monoisotopic (exact) mass is 349 g/mol. The predicted octanol–water partition coefficient (Wildman–Crippen LogP) is 3.44. The van der Waals surface area contributed by atoms with E-state index in [9.17, 15) is 9.59 Å². The summed E-state index contributed by atoms with van der Waals surface area (Å²) in [6, 6.07) is 0.830. The third-order valence-corrected chi connectivity index (χ3v) is 6.64. The van der Waals surface area contributed by atoms with Gasteiger partial charge >= 0.3 is 6.03 Å². The average molecular weight is 350 g/mol. The predicted molar refractivity (Wildman–Crippen MR) is 99.3 cm³/mol. The van der Waals surface area contributed by atoms with Crippen molar-refractivity contribution in [2.24, 2.45) is 11.8 Å². The topological polar surface area (TPSA) is 61.4 Å². The summed E-state index contributed by atoms with van der Waals surface area (Å²) in [5, 5.41) is 6.01. The van der Waals surface area contributed by atoms with E-state index in [-0.39, 0.29) is 23.9 Å². The third-order valence-electron chi connectivity index (χ3n) is 6.64. The highest BCUT2D eigenvalue weighted by Gasteiger charge is 2.33. The Kier molecular flexibility index (Phi) is 6.60. The Bertz CT molecular complexity index is 454. The van der Waals surface area contributed by atoms with Crippen LogP contribution in [0, 0.1) is 11.8 Å². The highest BCUT2D eigenvalue weighted by molar-refractivity contribution is 5.78. The summed E-state index contributed by atoms with van der Waals surface area (Å²) in [7, 11) is 1.70. The molecule has 2 aliphatic carbocycles. The molecule has 5 heteroatoms. The largest absolute Gasteiger partial charge is 0.359 e. The summed E-state index contributed by atoms with van der Waals surface area (Å²) in [5.74, 6) is 1.11. The van der Waals surface area contributed by atoms with Crippen LogP contribution in [0.2, 0.25) is 0 Å². The summed E-state index contributed by atoms with van der Waals surface area (Å²) in [5.41, 5.74) is 0. The average Bonchev–Trinajstić information content (AvgIpc) is 3.11. The molecule has 3 amide bonds. The highest BCUT2D eigenvalue weighted by Crippen LogP contribution is 2.32. The number of carbonyl (C=O) groups excluding carboxylic acids is 2. The zero-order chi connectivity index (χ0) is 17.6. The van der Waals surface area contributed by atoms with E-state index < -0.39 is 0 Å². The van der Waals surface area contributed by atoms with Crippen molar-refractivity contribution >= 4 is 11.9 Å². The minimum atomic E-state index is 0.129. The molecule has 0 aromatic heterocycles. The van der Waals surface area contributed by atoms with Crippen molar-refractivity contribution in [3.63, 3.8) is 0 Å². The van der Waals surface area contributed by atoms with E-state index in [1.807, 2.05) is 0 Å². The second kappa shape index (κ2) is 8.91. The first kappa shape index (κ1) is 18.5. The molecule has 1 unspecified atom stereocenters. The van der Waals surface area contributed by atoms with Crippen molar-refractivity contribution in [1.82, 2.24) is 15.5 Å². The van der Waals surface area contributed by atoms with Gasteiger partial charge in [-0.05, 0) is 50.9 Å². The van der Waals surface area contributed by atoms with Gasteiger partial charge in [-0.1, -0.05) is 32.1 Å². The lowest BCUT2D eigenvalue weighted by Crippen LogP contribution is -2.48. The van der Waals surface area contributed by atoms with Crippen molar-refractivity contribution in [2.75, 3.05) is 13.6 Å². The van der Waals surface area contributed by atoms with Crippen molar-refractivity contribution in [1.29, 1.82) is 0 Å². The quantitative estimate of drug-likeness (QED) is 0.817. The van der Waals surface area contributed by atoms with Gasteiger partial charge in [0.25, 0.3) is 0 Å². The SMILES string of the molecule is CNC(=O)C1CCC(NC(=O)N2CCCC2CC2CCCCC2)CC1. The first-order chi connectivity index (χ1) is 12.2. The fourth-order valence-corrected chi connectivity index (χ4v) is 5.12. The molecule has 1 saturated heterocycles. The molecule has 3 fully saturated rings. The number of hydrogen-bond acceptors (Lipinski definition) is 2. The van der Waals surface area contributed by atoms with E-state index in [1.54, 1.807) is 7.05 Å². The highest BCUT2D eigenvalue weighted by atomic mass is 16.2. The number of amides is 3. The number of rotatable bonds is 4. The van der Waals surface area contributed by atoms with E-state index in [1.165, 1.54) is 44.9 Å². The molecule has 1 aliphatic heterocycles. The molecule has 0 bridgehead atoms. The number of nitrogens with zero attached hydrogens (tertiary/aromatic N) is 1. The molecule has 0 spiro atoms. The zero-order valence-corrected chi connectivity index (χ0v) is 15.8. The fourth-order valence-electron chi connectivity index (χ4n) is 5.12. The van der Waals surface area contributed by atoms with Crippen LogP contribution in [0.3, 0.4) is 0 Å². The van der Waals surface area contributed by atoms with Crippen LogP contribution < -0.4 is 10.6 Å². The minimum Gasteiger partial charge on any atom is -0.359 e. The third kappa shape index (κ3) is 4.89. The van der Waals surface area contributed by atoms with Crippen molar-refractivity contribution < 1.29 is 9.59 Å². The van der Waals surface area contributed by atoms with Gasteiger partial charge in [0.15, 0.2) is 0 Å². The number of urea groups is 1. The summed E-state index contributed by atoms with van der Waals surface area (Å²) in [6.07, 6.45) is 14.0. The molecule has 0 radical (unpaired) electrons. The second-order valence-electron chi connectivity index (χ2n) is 8.34. The normalized spacial score (nSPS) is 30.9. The lowest BCUT2D eigenvalue weighted by Gasteiger charge is -2.33. The van der Waals surface area contributed by atoms with E-state index >= 15 is 0 Å². The van der Waals surface area contributed by atoms with Crippen LogP contribution in [0.15, 0.2) is 0 Å². The standard InChI is InChI=1S/C20H35N3O2/c1-21-19(24)16-9-11-17(12-10-16)22-20(25)23-13-5-8-18(23)14-15-6-3-2-4-7-15/h15-18H,2-14H2,1H3,(H,21,24)(H,22,25). The first-order valence-electron chi connectivity index (χ1n) is 10.5. The van der Waals surface area contributed by atoms with Gasteiger partial charge < -0.3 is 15.5 Å². The summed E-state index contributed by atoms with van der Waals surface area (Å²) >= 11 is 0. The molecule has 5 nitrogen and oxygen atoms in total. The first-order valence-corrected chi connectivity index (χ1v) is 10.5. The molecule has 142 valence electrons. The molecule has 25 heavy (non-hydrogen) atoms. The molecular weight excluding hydrogens is 314 g/mol. The van der Waals surface area contributed by atoms with Crippen molar-refractivity contribution in [2.45, 2.75) is 89.1 Å². The maximum Gasteiger partial charge on any atom is 0.317 e. The number of nitrogens with one attached hydrogen (secondary N) is 2. The summed E-state index contributed by atoms with van der Waals surface area (Å²) < 4.78 is 0. The van der Waals surface area contributed by atoms with Crippen LogP contribution in [0.1, 0.15) is 77.0 Å². The van der Waals surface area contributed by atoms with Crippen LogP contribution in [0.5, 0.6) is 0 Å². The van der Waals surface area contributed by atoms with Gasteiger partial charge in [0.05, 0.1) is 0 Å². The lowest BCUT2D eigenvalue weighted by atomic mass is 9.84. The van der Waals surface area contributed by atoms with E-state index in [4.69, 9.17) is 0 Å². The van der Waals surface area contributed by atoms with E-state index in [0.29, 0.717) is 6.04 Å². The maximum absolute atomic E-state index is 12.8. The van der Waals surface area contributed by atoms with Crippen LogP contribution in [-0.2, 0) is 4.79 Å². The summed E-state index contributed by atoms with van der Waals surface area (Å²) in [4.78, 5) is 26.6. The maximum atomic E-state index is 12.8. The molecule has 1 atom stereocenters. The molecule has 3 aliphatic rings. The van der Waals surface area contributed by atoms with Gasteiger partial charge in [0, 0.05) is 31.6 Å². The summed E-state index contributed by atoms with van der Waals surface area (Å²) in [6.45, 7) is 0.913. The molecule has 3 rings (SSSR count).